The van der Waals surface area contributed by atoms with Crippen LogP contribution >= 0.6 is 11.6 Å². The van der Waals surface area contributed by atoms with Crippen LogP contribution in [0.4, 0.5) is 5.95 Å². The van der Waals surface area contributed by atoms with Gasteiger partial charge < -0.3 is 14.4 Å². The van der Waals surface area contributed by atoms with Gasteiger partial charge in [-0.2, -0.15) is 0 Å². The van der Waals surface area contributed by atoms with Crippen molar-refractivity contribution in [1.29, 1.82) is 0 Å². The first-order valence-corrected chi connectivity index (χ1v) is 8.76. The molecule has 0 N–H and O–H groups in total. The molecule has 1 saturated heterocycles. The van der Waals surface area contributed by atoms with Crippen molar-refractivity contribution in [2.75, 3.05) is 31.1 Å². The summed E-state index contributed by atoms with van der Waals surface area (Å²) in [6.45, 7) is 3.16. The molecule has 1 aliphatic heterocycles. The van der Waals surface area contributed by atoms with Crippen LogP contribution in [0.25, 0.3) is 0 Å². The number of halogens is 1. The van der Waals surface area contributed by atoms with Crippen LogP contribution in [0.3, 0.4) is 0 Å². The fraction of sp³-hybridized carbons (Fsp3) is 0.444. The molecule has 0 spiro atoms. The minimum absolute atomic E-state index is 0.268. The molecule has 1 aromatic heterocycles. The summed E-state index contributed by atoms with van der Waals surface area (Å²) in [7, 11) is 2.00. The van der Waals surface area contributed by atoms with Crippen molar-refractivity contribution in [3.05, 3.63) is 47.2 Å². The normalized spacial score (nSPS) is 19.4. The zero-order valence-corrected chi connectivity index (χ0v) is 14.5. The number of benzene rings is 1. The Morgan fingerprint density at radius 1 is 1.12 bits per heavy atom. The van der Waals surface area contributed by atoms with Crippen molar-refractivity contribution in [2.45, 2.75) is 18.3 Å². The molecule has 5 nitrogen and oxygen atoms in total. The van der Waals surface area contributed by atoms with Crippen molar-refractivity contribution in [3.63, 3.8) is 0 Å². The number of hydrogen-bond donors (Lipinski definition) is 0. The van der Waals surface area contributed by atoms with E-state index in [1.807, 2.05) is 53.2 Å². The number of hydrogen-bond acceptors (Lipinski definition) is 3. The summed E-state index contributed by atoms with van der Waals surface area (Å²) in [5, 5.41) is 0.714. The molecule has 0 radical (unpaired) electrons. The highest BCUT2D eigenvalue weighted by Gasteiger charge is 2.53. The van der Waals surface area contributed by atoms with E-state index in [1.165, 1.54) is 0 Å². The molecule has 2 aliphatic rings. The summed E-state index contributed by atoms with van der Waals surface area (Å²) in [4.78, 5) is 21.7. The van der Waals surface area contributed by atoms with E-state index in [0.29, 0.717) is 5.02 Å². The Morgan fingerprint density at radius 2 is 1.79 bits per heavy atom. The second-order valence-corrected chi connectivity index (χ2v) is 7.14. The summed E-state index contributed by atoms with van der Waals surface area (Å²) in [5.41, 5.74) is 0.791. The van der Waals surface area contributed by atoms with Crippen LogP contribution in [0, 0.1) is 0 Å². The Hall–Kier alpha value is -2.01. The fourth-order valence-electron chi connectivity index (χ4n) is 3.59. The van der Waals surface area contributed by atoms with Crippen molar-refractivity contribution in [2.24, 2.45) is 7.05 Å². The van der Waals surface area contributed by atoms with Gasteiger partial charge in [0, 0.05) is 50.6 Å². The summed E-state index contributed by atoms with van der Waals surface area (Å²) < 4.78 is 2.02. The molecule has 1 aromatic carbocycles. The molecule has 0 atom stereocenters. The largest absolute Gasteiger partial charge is 0.339 e. The van der Waals surface area contributed by atoms with Crippen molar-refractivity contribution < 1.29 is 4.79 Å². The molecule has 1 saturated carbocycles. The number of imidazole rings is 1. The predicted octanol–water partition coefficient (Wildman–Crippen LogP) is 2.45. The average Bonchev–Trinajstić information content (AvgIpc) is 3.30. The van der Waals surface area contributed by atoms with Crippen LogP contribution in [0.15, 0.2) is 36.7 Å². The average molecular weight is 345 g/mol. The van der Waals surface area contributed by atoms with E-state index in [0.717, 1.165) is 50.5 Å². The standard InChI is InChI=1S/C18H21ClN4O/c1-21-9-8-20-17(21)23-12-10-22(11-13-23)16(24)18(6-7-18)14-2-4-15(19)5-3-14/h2-5,8-9H,6-7,10-13H2,1H3. The number of anilines is 1. The predicted molar refractivity (Wildman–Crippen MR) is 94.4 cm³/mol. The highest BCUT2D eigenvalue weighted by atomic mass is 35.5. The number of carbonyl (C=O) groups is 1. The molecular formula is C18H21ClN4O. The first-order chi connectivity index (χ1) is 11.6. The summed E-state index contributed by atoms with van der Waals surface area (Å²) in [6, 6.07) is 7.75. The van der Waals surface area contributed by atoms with Gasteiger partial charge in [0.25, 0.3) is 0 Å². The molecule has 2 heterocycles. The Kier molecular flexibility index (Phi) is 3.76. The van der Waals surface area contributed by atoms with E-state index >= 15 is 0 Å². The lowest BCUT2D eigenvalue weighted by Crippen LogP contribution is -2.52. The van der Waals surface area contributed by atoms with Gasteiger partial charge >= 0.3 is 0 Å². The lowest BCUT2D eigenvalue weighted by molar-refractivity contribution is -0.134. The molecule has 6 heteroatoms. The number of aromatic nitrogens is 2. The zero-order valence-electron chi connectivity index (χ0n) is 13.8. The Bertz CT molecular complexity index is 743. The number of carbonyl (C=O) groups excluding carboxylic acids is 1. The second kappa shape index (κ2) is 5.81. The summed E-state index contributed by atoms with van der Waals surface area (Å²) in [6.07, 6.45) is 5.64. The Labute approximate surface area is 146 Å². The van der Waals surface area contributed by atoms with E-state index in [-0.39, 0.29) is 11.3 Å². The van der Waals surface area contributed by atoms with Crippen LogP contribution in [-0.4, -0.2) is 46.5 Å². The van der Waals surface area contributed by atoms with Crippen molar-refractivity contribution >= 4 is 23.5 Å². The highest BCUT2D eigenvalue weighted by Crippen LogP contribution is 2.49. The first kappa shape index (κ1) is 15.5. The third kappa shape index (κ3) is 2.57. The second-order valence-electron chi connectivity index (χ2n) is 6.71. The monoisotopic (exact) mass is 344 g/mol. The zero-order chi connectivity index (χ0) is 16.7. The SMILES string of the molecule is Cn1ccnc1N1CCN(C(=O)C2(c3ccc(Cl)cc3)CC2)CC1. The maximum absolute atomic E-state index is 13.1. The van der Waals surface area contributed by atoms with E-state index in [9.17, 15) is 4.79 Å². The van der Waals surface area contributed by atoms with Crippen molar-refractivity contribution in [1.82, 2.24) is 14.5 Å². The van der Waals surface area contributed by atoms with Crippen LogP contribution < -0.4 is 4.90 Å². The number of rotatable bonds is 3. The molecule has 1 amide bonds. The molecule has 4 rings (SSSR count). The minimum Gasteiger partial charge on any atom is -0.339 e. The smallest absolute Gasteiger partial charge is 0.233 e. The van der Waals surface area contributed by atoms with Gasteiger partial charge in [-0.3, -0.25) is 4.79 Å². The third-order valence-electron chi connectivity index (χ3n) is 5.20. The van der Waals surface area contributed by atoms with Gasteiger partial charge in [-0.05, 0) is 30.5 Å². The van der Waals surface area contributed by atoms with Gasteiger partial charge in [0.05, 0.1) is 5.41 Å². The molecule has 0 bridgehead atoms. The lowest BCUT2D eigenvalue weighted by Gasteiger charge is -2.37. The fourth-order valence-corrected chi connectivity index (χ4v) is 3.72. The van der Waals surface area contributed by atoms with Crippen LogP contribution in [0.1, 0.15) is 18.4 Å². The van der Waals surface area contributed by atoms with Gasteiger partial charge in [-0.1, -0.05) is 23.7 Å². The number of nitrogens with zero attached hydrogens (tertiary/aromatic N) is 4. The van der Waals surface area contributed by atoms with Crippen LogP contribution in [0.5, 0.6) is 0 Å². The first-order valence-electron chi connectivity index (χ1n) is 8.38. The molecule has 2 aromatic rings. The van der Waals surface area contributed by atoms with Crippen LogP contribution in [-0.2, 0) is 17.3 Å². The number of aryl methyl sites for hydroxylation is 1. The minimum atomic E-state index is -0.310. The van der Waals surface area contributed by atoms with E-state index in [4.69, 9.17) is 11.6 Å². The topological polar surface area (TPSA) is 41.4 Å². The molecule has 1 aliphatic carbocycles. The van der Waals surface area contributed by atoms with Gasteiger partial charge in [0.1, 0.15) is 0 Å². The maximum atomic E-state index is 13.1. The number of piperazine rings is 1. The van der Waals surface area contributed by atoms with Gasteiger partial charge in [0.15, 0.2) is 0 Å². The van der Waals surface area contributed by atoms with E-state index in [1.54, 1.807) is 0 Å². The summed E-state index contributed by atoms with van der Waals surface area (Å²) >= 11 is 5.98. The Morgan fingerprint density at radius 3 is 2.33 bits per heavy atom. The molecule has 2 fully saturated rings. The highest BCUT2D eigenvalue weighted by molar-refractivity contribution is 6.30. The van der Waals surface area contributed by atoms with Gasteiger partial charge in [-0.15, -0.1) is 0 Å². The van der Waals surface area contributed by atoms with E-state index in [2.05, 4.69) is 9.88 Å². The molecule has 126 valence electrons. The third-order valence-corrected chi connectivity index (χ3v) is 5.45. The number of amides is 1. The van der Waals surface area contributed by atoms with E-state index < -0.39 is 0 Å². The Balaban J connectivity index is 1.45. The van der Waals surface area contributed by atoms with Crippen molar-refractivity contribution in [3.8, 4) is 0 Å². The lowest BCUT2D eigenvalue weighted by atomic mass is 9.94. The van der Waals surface area contributed by atoms with Gasteiger partial charge in [0.2, 0.25) is 11.9 Å². The molecule has 24 heavy (non-hydrogen) atoms. The molecule has 0 unspecified atom stereocenters. The molecular weight excluding hydrogens is 324 g/mol. The maximum Gasteiger partial charge on any atom is 0.233 e. The van der Waals surface area contributed by atoms with Gasteiger partial charge in [-0.25, -0.2) is 4.98 Å². The quantitative estimate of drug-likeness (QED) is 0.859. The van der Waals surface area contributed by atoms with Crippen LogP contribution in [0.2, 0.25) is 5.02 Å². The summed E-state index contributed by atoms with van der Waals surface area (Å²) in [5.74, 6) is 1.24.